The summed E-state index contributed by atoms with van der Waals surface area (Å²) in [5, 5.41) is 3.47. The summed E-state index contributed by atoms with van der Waals surface area (Å²) >= 11 is 7.52. The number of thiophene rings is 1. The van der Waals surface area contributed by atoms with Gasteiger partial charge in [0.05, 0.1) is 16.6 Å². The van der Waals surface area contributed by atoms with E-state index >= 15 is 0 Å². The lowest BCUT2D eigenvalue weighted by molar-refractivity contribution is 0.405. The van der Waals surface area contributed by atoms with Gasteiger partial charge >= 0.3 is 0 Å². The van der Waals surface area contributed by atoms with Crippen molar-refractivity contribution in [1.29, 1.82) is 0 Å². The van der Waals surface area contributed by atoms with Crippen LogP contribution in [0.15, 0.2) is 34.9 Å². The summed E-state index contributed by atoms with van der Waals surface area (Å²) in [5.41, 5.74) is 0. The molecule has 2 rings (SSSR count). The summed E-state index contributed by atoms with van der Waals surface area (Å²) in [4.78, 5) is 1.24. The normalized spacial score (nSPS) is 14.9. The minimum atomic E-state index is 0.200. The lowest BCUT2D eigenvalue weighted by Gasteiger charge is -2.17. The molecule has 4 heteroatoms. The van der Waals surface area contributed by atoms with Crippen molar-refractivity contribution < 1.29 is 4.42 Å². The predicted molar refractivity (Wildman–Crippen MR) is 68.0 cm³/mol. The van der Waals surface area contributed by atoms with Crippen LogP contribution in [0.1, 0.15) is 36.6 Å². The zero-order valence-corrected chi connectivity index (χ0v) is 10.8. The molecule has 0 bridgehead atoms. The van der Waals surface area contributed by atoms with Crippen LogP contribution in [0.2, 0.25) is 4.34 Å². The molecule has 0 fully saturated rings. The monoisotopic (exact) mass is 255 g/mol. The third-order valence-electron chi connectivity index (χ3n) is 2.49. The van der Waals surface area contributed by atoms with Crippen LogP contribution in [0, 0.1) is 0 Å². The van der Waals surface area contributed by atoms with Gasteiger partial charge in [-0.15, -0.1) is 11.3 Å². The zero-order chi connectivity index (χ0) is 11.5. The summed E-state index contributed by atoms with van der Waals surface area (Å²) in [6.45, 7) is 4.21. The maximum Gasteiger partial charge on any atom is 0.120 e. The van der Waals surface area contributed by atoms with Crippen LogP contribution < -0.4 is 5.32 Å². The Morgan fingerprint density at radius 2 is 2.06 bits per heavy atom. The van der Waals surface area contributed by atoms with Gasteiger partial charge in [0.25, 0.3) is 0 Å². The molecule has 1 N–H and O–H groups in total. The molecule has 2 aromatic rings. The second-order valence-electron chi connectivity index (χ2n) is 3.77. The topological polar surface area (TPSA) is 25.2 Å². The van der Waals surface area contributed by atoms with Crippen molar-refractivity contribution in [2.75, 3.05) is 0 Å². The highest BCUT2D eigenvalue weighted by molar-refractivity contribution is 7.16. The van der Waals surface area contributed by atoms with Crippen molar-refractivity contribution in [2.24, 2.45) is 0 Å². The summed E-state index contributed by atoms with van der Waals surface area (Å²) in [7, 11) is 0. The number of nitrogens with one attached hydrogen (secondary N) is 1. The molecular weight excluding hydrogens is 242 g/mol. The van der Waals surface area contributed by atoms with Crippen LogP contribution in [0.5, 0.6) is 0 Å². The maximum absolute atomic E-state index is 5.91. The molecule has 2 aromatic heterocycles. The van der Waals surface area contributed by atoms with E-state index in [-0.39, 0.29) is 12.1 Å². The van der Waals surface area contributed by atoms with E-state index < -0.39 is 0 Å². The molecule has 0 aliphatic carbocycles. The largest absolute Gasteiger partial charge is 0.468 e. The van der Waals surface area contributed by atoms with Gasteiger partial charge in [0.15, 0.2) is 0 Å². The number of rotatable bonds is 4. The van der Waals surface area contributed by atoms with Crippen LogP contribution in [0.25, 0.3) is 0 Å². The second-order valence-corrected chi connectivity index (χ2v) is 5.51. The van der Waals surface area contributed by atoms with Crippen molar-refractivity contribution in [3.63, 3.8) is 0 Å². The quantitative estimate of drug-likeness (QED) is 0.876. The molecule has 0 saturated carbocycles. The summed E-state index contributed by atoms with van der Waals surface area (Å²) in [6.07, 6.45) is 1.69. The van der Waals surface area contributed by atoms with Gasteiger partial charge in [0, 0.05) is 10.9 Å². The Morgan fingerprint density at radius 1 is 1.25 bits per heavy atom. The van der Waals surface area contributed by atoms with E-state index in [1.807, 2.05) is 18.2 Å². The Kier molecular flexibility index (Phi) is 3.69. The van der Waals surface area contributed by atoms with E-state index in [9.17, 15) is 0 Å². The molecule has 2 heterocycles. The fraction of sp³-hybridized carbons (Fsp3) is 0.333. The van der Waals surface area contributed by atoms with Gasteiger partial charge in [-0.2, -0.15) is 0 Å². The molecule has 2 atom stereocenters. The van der Waals surface area contributed by atoms with Gasteiger partial charge in [0.2, 0.25) is 0 Å². The number of hydrogen-bond acceptors (Lipinski definition) is 3. The Hall–Kier alpha value is -0.770. The summed E-state index contributed by atoms with van der Waals surface area (Å²) < 4.78 is 6.18. The van der Waals surface area contributed by atoms with Crippen molar-refractivity contribution >= 4 is 22.9 Å². The molecule has 2 unspecified atom stereocenters. The summed E-state index contributed by atoms with van der Waals surface area (Å²) in [5.74, 6) is 0.953. The Morgan fingerprint density at radius 3 is 2.62 bits per heavy atom. The first-order valence-corrected chi connectivity index (χ1v) is 6.41. The van der Waals surface area contributed by atoms with E-state index in [2.05, 4.69) is 25.2 Å². The standard InChI is InChI=1S/C12H14ClNOS/c1-8(10-4-3-7-15-10)14-9(2)11-5-6-12(13)16-11/h3-9,14H,1-2H3. The highest BCUT2D eigenvalue weighted by atomic mass is 35.5. The molecule has 2 nitrogen and oxygen atoms in total. The van der Waals surface area contributed by atoms with Crippen molar-refractivity contribution in [2.45, 2.75) is 25.9 Å². The van der Waals surface area contributed by atoms with Gasteiger partial charge in [0.1, 0.15) is 5.76 Å². The number of furan rings is 1. The Bertz CT molecular complexity index is 438. The predicted octanol–water partition coefficient (Wildman–Crippen LogP) is 4.41. The van der Waals surface area contributed by atoms with Crippen molar-refractivity contribution in [3.05, 3.63) is 45.5 Å². The first-order chi connectivity index (χ1) is 7.66. The lowest BCUT2D eigenvalue weighted by Crippen LogP contribution is -2.21. The molecule has 0 spiro atoms. The lowest BCUT2D eigenvalue weighted by atomic mass is 10.2. The van der Waals surface area contributed by atoms with Crippen LogP contribution in [0.4, 0.5) is 0 Å². The SMILES string of the molecule is CC(NC(C)c1ccc(Cl)s1)c1ccco1. The van der Waals surface area contributed by atoms with E-state index in [0.29, 0.717) is 0 Å². The first kappa shape index (κ1) is 11.7. The number of hydrogen-bond donors (Lipinski definition) is 1. The summed E-state index contributed by atoms with van der Waals surface area (Å²) in [6, 6.07) is 8.34. The maximum atomic E-state index is 5.91. The van der Waals surface area contributed by atoms with Gasteiger partial charge in [-0.05, 0) is 38.1 Å². The molecule has 0 amide bonds. The molecular formula is C12H14ClNOS. The highest BCUT2D eigenvalue weighted by Crippen LogP contribution is 2.28. The molecule has 16 heavy (non-hydrogen) atoms. The average molecular weight is 256 g/mol. The minimum absolute atomic E-state index is 0.200. The van der Waals surface area contributed by atoms with E-state index in [4.69, 9.17) is 16.0 Å². The highest BCUT2D eigenvalue weighted by Gasteiger charge is 2.14. The van der Waals surface area contributed by atoms with Crippen LogP contribution >= 0.6 is 22.9 Å². The third-order valence-corrected chi connectivity index (χ3v) is 3.90. The van der Waals surface area contributed by atoms with E-state index in [1.165, 1.54) is 4.88 Å². The van der Waals surface area contributed by atoms with Gasteiger partial charge in [-0.1, -0.05) is 11.6 Å². The van der Waals surface area contributed by atoms with Gasteiger partial charge in [-0.25, -0.2) is 0 Å². The Labute approximate surface area is 104 Å². The Balaban J connectivity index is 2.00. The fourth-order valence-corrected chi connectivity index (χ4v) is 2.71. The van der Waals surface area contributed by atoms with Gasteiger partial charge < -0.3 is 9.73 Å². The molecule has 86 valence electrons. The van der Waals surface area contributed by atoms with Crippen LogP contribution in [-0.4, -0.2) is 0 Å². The third kappa shape index (κ3) is 2.67. The zero-order valence-electron chi connectivity index (χ0n) is 9.24. The molecule has 0 saturated heterocycles. The molecule has 0 aliphatic rings. The molecule has 0 aromatic carbocycles. The second kappa shape index (κ2) is 5.04. The number of halogens is 1. The van der Waals surface area contributed by atoms with Crippen LogP contribution in [-0.2, 0) is 0 Å². The van der Waals surface area contributed by atoms with Crippen molar-refractivity contribution in [3.8, 4) is 0 Å². The molecule has 0 radical (unpaired) electrons. The van der Waals surface area contributed by atoms with Crippen LogP contribution in [0.3, 0.4) is 0 Å². The smallest absolute Gasteiger partial charge is 0.120 e. The van der Waals surface area contributed by atoms with E-state index in [0.717, 1.165) is 10.1 Å². The first-order valence-electron chi connectivity index (χ1n) is 5.21. The van der Waals surface area contributed by atoms with E-state index in [1.54, 1.807) is 17.6 Å². The molecule has 0 aliphatic heterocycles. The average Bonchev–Trinajstić information content (AvgIpc) is 2.87. The van der Waals surface area contributed by atoms with Gasteiger partial charge in [-0.3, -0.25) is 0 Å². The fourth-order valence-electron chi connectivity index (χ4n) is 1.64. The van der Waals surface area contributed by atoms with Crippen molar-refractivity contribution in [1.82, 2.24) is 5.32 Å². The minimum Gasteiger partial charge on any atom is -0.468 e.